The SMILES string of the molecule is [B]C1(O)C([B])(O)C1([B])N1CCc2ncc(F)cc2C2CCCN2C2=N/C(=C(/C=C)C(=O)N1)N(C)C=C2. The standard InChI is InChI=1S/C23H24B3FN6O3/c1-3-14-19-29-18(7-9-31(19)2)32-8-4-5-17(32)15-11-13(27)12-28-16(15)6-10-33(30-20(14)34)21(24)22(25,35)23(21,26)36/h3,7,9,11-12,17,35-36H,1,4-6,8,10H2,2H3,(H,30,34)/b19-14+. The maximum Gasteiger partial charge on any atom is 0.269 e. The second kappa shape index (κ2) is 8.32. The third kappa shape index (κ3) is 3.40. The summed E-state index contributed by atoms with van der Waals surface area (Å²) in [6, 6.07) is 1.25. The summed E-state index contributed by atoms with van der Waals surface area (Å²) in [7, 11) is 19.6. The molecule has 36 heavy (non-hydrogen) atoms. The molecule has 2 fully saturated rings. The van der Waals surface area contributed by atoms with Gasteiger partial charge in [0.25, 0.3) is 5.91 Å². The van der Waals surface area contributed by atoms with Crippen molar-refractivity contribution in [3.05, 3.63) is 65.7 Å². The van der Waals surface area contributed by atoms with Gasteiger partial charge in [-0.15, -0.1) is 0 Å². The van der Waals surface area contributed by atoms with Gasteiger partial charge in [-0.05, 0) is 30.5 Å². The Kier molecular flexibility index (Phi) is 5.73. The first-order valence-corrected chi connectivity index (χ1v) is 11.6. The van der Waals surface area contributed by atoms with Crippen LogP contribution in [0.2, 0.25) is 0 Å². The zero-order chi connectivity index (χ0) is 26.0. The Labute approximate surface area is 212 Å². The van der Waals surface area contributed by atoms with Crippen LogP contribution in [0.25, 0.3) is 0 Å². The van der Waals surface area contributed by atoms with Crippen molar-refractivity contribution in [2.24, 2.45) is 4.99 Å². The number of aromatic nitrogens is 1. The van der Waals surface area contributed by atoms with Crippen molar-refractivity contribution in [2.45, 2.75) is 41.7 Å². The number of nitrogens with zero attached hydrogens (tertiary/aromatic N) is 5. The summed E-state index contributed by atoms with van der Waals surface area (Å²) in [4.78, 5) is 26.2. The fourth-order valence-corrected chi connectivity index (χ4v) is 5.23. The summed E-state index contributed by atoms with van der Waals surface area (Å²) < 4.78 is 14.4. The molecule has 0 aromatic carbocycles. The van der Waals surface area contributed by atoms with Crippen LogP contribution < -0.4 is 5.43 Å². The summed E-state index contributed by atoms with van der Waals surface area (Å²) in [5.74, 6) is -0.196. The van der Waals surface area contributed by atoms with E-state index in [1.54, 1.807) is 18.1 Å². The van der Waals surface area contributed by atoms with E-state index in [1.165, 1.54) is 12.1 Å². The van der Waals surface area contributed by atoms with Crippen LogP contribution in [0.1, 0.15) is 30.1 Å². The highest BCUT2D eigenvalue weighted by atomic mass is 19.1. The summed E-state index contributed by atoms with van der Waals surface area (Å²) in [6.07, 6.45) is 7.86. The van der Waals surface area contributed by atoms with E-state index in [0.29, 0.717) is 29.5 Å². The zero-order valence-electron chi connectivity index (χ0n) is 19.9. The van der Waals surface area contributed by atoms with Crippen molar-refractivity contribution in [1.82, 2.24) is 25.2 Å². The van der Waals surface area contributed by atoms with Crippen LogP contribution in [0.15, 0.2) is 53.6 Å². The molecule has 1 aromatic heterocycles. The number of rotatable bonds is 2. The minimum absolute atomic E-state index is 0.0544. The molecule has 3 aliphatic heterocycles. The number of nitrogens with one attached hydrogen (secondary N) is 1. The van der Waals surface area contributed by atoms with Crippen LogP contribution in [-0.2, 0) is 11.2 Å². The minimum Gasteiger partial charge on any atom is -0.396 e. The molecule has 5 rings (SSSR count). The van der Waals surface area contributed by atoms with Gasteiger partial charge in [0.2, 0.25) is 0 Å². The molecule has 3 unspecified atom stereocenters. The number of carbonyl (C=O) groups is 1. The van der Waals surface area contributed by atoms with Gasteiger partial charge in [-0.25, -0.2) is 14.4 Å². The van der Waals surface area contributed by atoms with Gasteiger partial charge in [0.05, 0.1) is 28.8 Å². The van der Waals surface area contributed by atoms with E-state index in [0.717, 1.165) is 24.0 Å². The molecule has 4 heterocycles. The van der Waals surface area contributed by atoms with Crippen LogP contribution >= 0.6 is 0 Å². The minimum atomic E-state index is -2.43. The molecule has 1 aliphatic carbocycles. The van der Waals surface area contributed by atoms with Crippen molar-refractivity contribution in [2.75, 3.05) is 20.1 Å². The number of hydrazine groups is 1. The van der Waals surface area contributed by atoms with Gasteiger partial charge in [0, 0.05) is 43.9 Å². The maximum atomic E-state index is 14.4. The average Bonchev–Trinajstić information content (AvgIpc) is 3.18. The van der Waals surface area contributed by atoms with E-state index in [9.17, 15) is 19.4 Å². The molecule has 1 saturated carbocycles. The molecule has 4 aliphatic rings. The van der Waals surface area contributed by atoms with E-state index in [4.69, 9.17) is 28.5 Å². The number of fused-ring (bicyclic) bond motifs is 5. The Morgan fingerprint density at radius 3 is 2.67 bits per heavy atom. The summed E-state index contributed by atoms with van der Waals surface area (Å²) >= 11 is 0. The second-order valence-electron chi connectivity index (χ2n) is 9.52. The number of hydrogen-bond donors (Lipinski definition) is 3. The second-order valence-corrected chi connectivity index (χ2v) is 9.52. The number of amidine groups is 1. The normalized spacial score (nSPS) is 36.6. The molecule has 180 valence electrons. The van der Waals surface area contributed by atoms with Crippen molar-refractivity contribution in [3.8, 4) is 0 Å². The van der Waals surface area contributed by atoms with Crippen molar-refractivity contribution >= 4 is 35.3 Å². The quantitative estimate of drug-likeness (QED) is 0.468. The Balaban J connectivity index is 1.67. The lowest BCUT2D eigenvalue weighted by Gasteiger charge is -2.34. The maximum absolute atomic E-state index is 14.4. The van der Waals surface area contributed by atoms with Crippen LogP contribution in [0.4, 0.5) is 4.39 Å². The molecule has 6 radical (unpaired) electrons. The summed E-state index contributed by atoms with van der Waals surface area (Å²) in [5, 5.41) is 22.2. The van der Waals surface area contributed by atoms with Crippen LogP contribution in [0.3, 0.4) is 0 Å². The van der Waals surface area contributed by atoms with Gasteiger partial charge >= 0.3 is 0 Å². The monoisotopic (exact) mass is 484 g/mol. The van der Waals surface area contributed by atoms with Gasteiger partial charge in [0.1, 0.15) is 41.0 Å². The van der Waals surface area contributed by atoms with E-state index in [1.807, 2.05) is 6.08 Å². The number of pyridine rings is 1. The highest BCUT2D eigenvalue weighted by Crippen LogP contribution is 2.55. The average molecular weight is 484 g/mol. The Morgan fingerprint density at radius 1 is 1.28 bits per heavy atom. The van der Waals surface area contributed by atoms with Crippen LogP contribution in [0.5, 0.6) is 0 Å². The highest BCUT2D eigenvalue weighted by Gasteiger charge is 2.80. The van der Waals surface area contributed by atoms with Crippen molar-refractivity contribution in [3.63, 3.8) is 0 Å². The van der Waals surface area contributed by atoms with Crippen LogP contribution in [0, 0.1) is 5.82 Å². The molecule has 2 bridgehead atoms. The van der Waals surface area contributed by atoms with Gasteiger partial charge < -0.3 is 20.0 Å². The van der Waals surface area contributed by atoms with Crippen molar-refractivity contribution in [1.29, 1.82) is 0 Å². The van der Waals surface area contributed by atoms with Crippen molar-refractivity contribution < 1.29 is 19.4 Å². The predicted molar refractivity (Wildman–Crippen MR) is 133 cm³/mol. The van der Waals surface area contributed by atoms with E-state index in [2.05, 4.69) is 21.9 Å². The van der Waals surface area contributed by atoms with Gasteiger partial charge in [-0.2, -0.15) is 0 Å². The summed E-state index contributed by atoms with van der Waals surface area (Å²) in [5.41, 5.74) is -3.02. The lowest BCUT2D eigenvalue weighted by Crippen LogP contribution is -2.57. The smallest absolute Gasteiger partial charge is 0.269 e. The molecular formula is C23H24B3FN6O3. The third-order valence-corrected chi connectivity index (χ3v) is 7.48. The molecule has 1 amide bonds. The molecular weight excluding hydrogens is 460 g/mol. The molecule has 3 N–H and O–H groups in total. The molecule has 1 aromatic rings. The lowest BCUT2D eigenvalue weighted by molar-refractivity contribution is -0.123. The molecule has 1 saturated heterocycles. The topological polar surface area (TPSA) is 105 Å². The fraction of sp³-hybridized carbons (Fsp3) is 0.435. The fourth-order valence-electron chi connectivity index (χ4n) is 5.23. The Bertz CT molecular complexity index is 1220. The first-order chi connectivity index (χ1) is 16.9. The van der Waals surface area contributed by atoms with E-state index < -0.39 is 28.2 Å². The molecule has 0 spiro atoms. The Morgan fingerprint density at radius 2 is 2.00 bits per heavy atom. The van der Waals surface area contributed by atoms with Gasteiger partial charge in [-0.1, -0.05) is 12.7 Å². The van der Waals surface area contributed by atoms with E-state index in [-0.39, 0.29) is 24.6 Å². The lowest BCUT2D eigenvalue weighted by atomic mass is 9.78. The number of aliphatic hydroxyl groups is 2. The number of amides is 1. The molecule has 3 atom stereocenters. The Hall–Kier alpha value is -2.89. The third-order valence-electron chi connectivity index (χ3n) is 7.48. The van der Waals surface area contributed by atoms with Gasteiger partial charge in [-0.3, -0.25) is 15.2 Å². The first-order valence-electron chi connectivity index (χ1n) is 11.6. The zero-order valence-corrected chi connectivity index (χ0v) is 19.9. The molecule has 9 nitrogen and oxygen atoms in total. The summed E-state index contributed by atoms with van der Waals surface area (Å²) in [6.45, 7) is 4.41. The van der Waals surface area contributed by atoms with Gasteiger partial charge in [0.15, 0.2) is 0 Å². The van der Waals surface area contributed by atoms with Crippen LogP contribution in [-0.4, -0.2) is 102 Å². The largest absolute Gasteiger partial charge is 0.396 e. The number of aliphatic imine (C=N–C) groups is 1. The highest BCUT2D eigenvalue weighted by molar-refractivity contribution is 6.43. The number of carbonyl (C=O) groups excluding carboxylic acids is 1. The number of halogens is 1. The van der Waals surface area contributed by atoms with E-state index >= 15 is 0 Å². The predicted octanol–water partition coefficient (Wildman–Crippen LogP) is -0.905. The number of hydrogen-bond acceptors (Lipinski definition) is 8. The first kappa shape index (κ1) is 24.8. The molecule has 13 heteroatoms.